The van der Waals surface area contributed by atoms with Crippen LogP contribution in [-0.2, 0) is 0 Å². The van der Waals surface area contributed by atoms with E-state index in [2.05, 4.69) is 21.2 Å². The largest absolute Gasteiger partial charge is 0.493 e. The van der Waals surface area contributed by atoms with Gasteiger partial charge in [-0.25, -0.2) is 9.97 Å². The van der Waals surface area contributed by atoms with Gasteiger partial charge in [0.15, 0.2) is 11.5 Å². The van der Waals surface area contributed by atoms with Gasteiger partial charge in [0, 0.05) is 22.7 Å². The van der Waals surface area contributed by atoms with Crippen molar-refractivity contribution in [1.82, 2.24) is 9.97 Å². The predicted molar refractivity (Wildman–Crippen MR) is 103 cm³/mol. The van der Waals surface area contributed by atoms with E-state index in [4.69, 9.17) is 21.6 Å². The van der Waals surface area contributed by atoms with Crippen LogP contribution in [0.2, 0.25) is 0 Å². The molecule has 0 unspecified atom stereocenters. The number of hydrogen-bond donors (Lipinski definition) is 2. The number of nitrogens with one attached hydrogen (secondary N) is 1. The second kappa shape index (κ2) is 8.19. The quantitative estimate of drug-likeness (QED) is 0.504. The number of benzene rings is 2. The zero-order valence-corrected chi connectivity index (χ0v) is 14.5. The van der Waals surface area contributed by atoms with E-state index < -0.39 is 0 Å². The Labute approximate surface area is 152 Å². The molecule has 0 radical (unpaired) electrons. The number of rotatable bonds is 7. The lowest BCUT2D eigenvalue weighted by Gasteiger charge is -2.14. The number of terminal acetylenes is 1. The lowest BCUT2D eigenvalue weighted by atomic mass is 10.2. The number of anilines is 2. The van der Waals surface area contributed by atoms with Crippen LogP contribution in [0.4, 0.5) is 11.5 Å². The highest BCUT2D eigenvalue weighted by molar-refractivity contribution is 5.93. The molecule has 0 aliphatic carbocycles. The van der Waals surface area contributed by atoms with Crippen molar-refractivity contribution in [2.24, 2.45) is 5.73 Å². The Kier molecular flexibility index (Phi) is 5.52. The maximum absolute atomic E-state index is 5.80. The Morgan fingerprint density at radius 1 is 1.19 bits per heavy atom. The van der Waals surface area contributed by atoms with Crippen molar-refractivity contribution in [3.8, 4) is 23.8 Å². The number of ether oxygens (including phenoxy) is 2. The maximum atomic E-state index is 5.80. The van der Waals surface area contributed by atoms with Crippen LogP contribution in [0.5, 0.6) is 11.5 Å². The number of fused-ring (bicyclic) bond motifs is 1. The fourth-order valence-electron chi connectivity index (χ4n) is 2.52. The molecule has 3 rings (SSSR count). The maximum Gasteiger partial charge on any atom is 0.162 e. The first-order chi connectivity index (χ1) is 12.7. The molecular formula is C20H20N4O2. The summed E-state index contributed by atoms with van der Waals surface area (Å²) in [6, 6.07) is 11.3. The Bertz CT molecular complexity index is 950. The van der Waals surface area contributed by atoms with Crippen LogP contribution in [0.25, 0.3) is 10.9 Å². The molecular weight excluding hydrogens is 328 g/mol. The highest BCUT2D eigenvalue weighted by Crippen LogP contribution is 2.34. The van der Waals surface area contributed by atoms with E-state index in [9.17, 15) is 0 Å². The molecule has 1 aromatic heterocycles. The fraction of sp³-hybridized carbons (Fsp3) is 0.200. The van der Waals surface area contributed by atoms with Gasteiger partial charge < -0.3 is 20.5 Å². The van der Waals surface area contributed by atoms with Crippen molar-refractivity contribution < 1.29 is 9.47 Å². The van der Waals surface area contributed by atoms with Crippen molar-refractivity contribution >= 4 is 22.4 Å². The topological polar surface area (TPSA) is 82.3 Å². The van der Waals surface area contributed by atoms with E-state index in [0.29, 0.717) is 30.5 Å². The SMILES string of the molecule is C#Cc1cccc(Nc2ncnc3cc(OC)c(OCCCN)cc23)c1. The molecule has 0 amide bonds. The molecule has 0 saturated heterocycles. The highest BCUT2D eigenvalue weighted by atomic mass is 16.5. The molecule has 0 fully saturated rings. The van der Waals surface area contributed by atoms with E-state index in [0.717, 1.165) is 28.6 Å². The predicted octanol–water partition coefficient (Wildman–Crippen LogP) is 3.09. The Hall–Kier alpha value is -3.30. The summed E-state index contributed by atoms with van der Waals surface area (Å²) < 4.78 is 11.2. The van der Waals surface area contributed by atoms with Gasteiger partial charge in [0.25, 0.3) is 0 Å². The first kappa shape index (κ1) is 17.5. The van der Waals surface area contributed by atoms with Crippen molar-refractivity contribution in [2.75, 3.05) is 25.6 Å². The zero-order valence-electron chi connectivity index (χ0n) is 14.5. The molecule has 0 aliphatic rings. The van der Waals surface area contributed by atoms with Gasteiger partial charge in [0.1, 0.15) is 12.1 Å². The third-order valence-electron chi connectivity index (χ3n) is 3.82. The number of aromatic nitrogens is 2. The monoisotopic (exact) mass is 348 g/mol. The minimum absolute atomic E-state index is 0.513. The average Bonchev–Trinajstić information content (AvgIpc) is 2.68. The van der Waals surface area contributed by atoms with Gasteiger partial charge in [-0.1, -0.05) is 12.0 Å². The zero-order chi connectivity index (χ0) is 18.4. The third-order valence-corrected chi connectivity index (χ3v) is 3.82. The fourth-order valence-corrected chi connectivity index (χ4v) is 2.52. The van der Waals surface area contributed by atoms with Gasteiger partial charge in [0.2, 0.25) is 0 Å². The highest BCUT2D eigenvalue weighted by Gasteiger charge is 2.12. The number of nitrogens with zero attached hydrogens (tertiary/aromatic N) is 2. The standard InChI is InChI=1S/C20H20N4O2/c1-3-14-6-4-7-15(10-14)24-20-16-11-19(26-9-5-8-21)18(25-2)12-17(16)22-13-23-20/h1,4,6-7,10-13H,5,8-9,21H2,2H3,(H,22,23,24). The molecule has 26 heavy (non-hydrogen) atoms. The molecule has 6 nitrogen and oxygen atoms in total. The van der Waals surface area contributed by atoms with E-state index in [1.165, 1.54) is 6.33 Å². The number of methoxy groups -OCH3 is 1. The van der Waals surface area contributed by atoms with Crippen LogP contribution in [0.15, 0.2) is 42.7 Å². The van der Waals surface area contributed by atoms with Crippen molar-refractivity contribution in [1.29, 1.82) is 0 Å². The summed E-state index contributed by atoms with van der Waals surface area (Å²) in [7, 11) is 1.60. The van der Waals surface area contributed by atoms with Gasteiger partial charge in [-0.2, -0.15) is 0 Å². The lowest BCUT2D eigenvalue weighted by Crippen LogP contribution is -2.07. The molecule has 1 heterocycles. The van der Waals surface area contributed by atoms with Crippen LogP contribution < -0.4 is 20.5 Å². The summed E-state index contributed by atoms with van der Waals surface area (Å²) in [6.45, 7) is 1.08. The Morgan fingerprint density at radius 3 is 2.85 bits per heavy atom. The normalized spacial score (nSPS) is 10.3. The Balaban J connectivity index is 1.99. The summed E-state index contributed by atoms with van der Waals surface area (Å²) in [5, 5.41) is 4.11. The first-order valence-electron chi connectivity index (χ1n) is 8.24. The summed E-state index contributed by atoms with van der Waals surface area (Å²) >= 11 is 0. The van der Waals surface area contributed by atoms with E-state index >= 15 is 0 Å². The average molecular weight is 348 g/mol. The lowest BCUT2D eigenvalue weighted by molar-refractivity contribution is 0.292. The minimum atomic E-state index is 0.513. The van der Waals surface area contributed by atoms with E-state index in [-0.39, 0.29) is 0 Å². The molecule has 0 atom stereocenters. The van der Waals surface area contributed by atoms with Crippen LogP contribution >= 0.6 is 0 Å². The first-order valence-corrected chi connectivity index (χ1v) is 8.24. The molecule has 3 N–H and O–H groups in total. The summed E-state index contributed by atoms with van der Waals surface area (Å²) in [6.07, 6.45) is 7.73. The van der Waals surface area contributed by atoms with Crippen molar-refractivity contribution in [3.05, 3.63) is 48.3 Å². The molecule has 3 aromatic rings. The van der Waals surface area contributed by atoms with Gasteiger partial charge in [0.05, 0.1) is 19.2 Å². The van der Waals surface area contributed by atoms with E-state index in [1.54, 1.807) is 7.11 Å². The Morgan fingerprint density at radius 2 is 2.08 bits per heavy atom. The van der Waals surface area contributed by atoms with Crippen molar-refractivity contribution in [2.45, 2.75) is 6.42 Å². The van der Waals surface area contributed by atoms with E-state index in [1.807, 2.05) is 36.4 Å². The van der Waals surface area contributed by atoms with Gasteiger partial charge in [-0.3, -0.25) is 0 Å². The third kappa shape index (κ3) is 3.85. The van der Waals surface area contributed by atoms with Crippen LogP contribution in [0.1, 0.15) is 12.0 Å². The summed E-state index contributed by atoms with van der Waals surface area (Å²) in [4.78, 5) is 8.68. The van der Waals surface area contributed by atoms with Crippen LogP contribution in [0.3, 0.4) is 0 Å². The van der Waals surface area contributed by atoms with Gasteiger partial charge >= 0.3 is 0 Å². The van der Waals surface area contributed by atoms with Crippen LogP contribution in [-0.4, -0.2) is 30.2 Å². The second-order valence-corrected chi connectivity index (χ2v) is 5.58. The second-order valence-electron chi connectivity index (χ2n) is 5.58. The van der Waals surface area contributed by atoms with Gasteiger partial charge in [-0.05, 0) is 37.2 Å². The summed E-state index contributed by atoms with van der Waals surface area (Å²) in [5.74, 6) is 4.53. The van der Waals surface area contributed by atoms with Gasteiger partial charge in [-0.15, -0.1) is 6.42 Å². The smallest absolute Gasteiger partial charge is 0.162 e. The molecule has 0 spiro atoms. The minimum Gasteiger partial charge on any atom is -0.493 e. The molecule has 132 valence electrons. The summed E-state index contributed by atoms with van der Waals surface area (Å²) in [5.41, 5.74) is 7.92. The number of nitrogens with two attached hydrogens (primary N) is 1. The molecule has 2 aromatic carbocycles. The van der Waals surface area contributed by atoms with Crippen LogP contribution in [0, 0.1) is 12.3 Å². The van der Waals surface area contributed by atoms with Crippen molar-refractivity contribution in [3.63, 3.8) is 0 Å². The molecule has 0 saturated carbocycles. The number of hydrogen-bond acceptors (Lipinski definition) is 6. The molecule has 0 bridgehead atoms. The molecule has 6 heteroatoms. The molecule has 0 aliphatic heterocycles.